The summed E-state index contributed by atoms with van der Waals surface area (Å²) in [5, 5.41) is -0.268. The van der Waals surface area contributed by atoms with Crippen molar-refractivity contribution in [3.8, 4) is 11.8 Å². The molecule has 0 spiro atoms. The molecule has 0 aliphatic rings. The molecule has 5 nitrogen and oxygen atoms in total. The van der Waals surface area contributed by atoms with Gasteiger partial charge in [0.2, 0.25) is 0 Å². The van der Waals surface area contributed by atoms with Crippen molar-refractivity contribution in [1.29, 1.82) is 0 Å². The Morgan fingerprint density at radius 1 is 1.06 bits per heavy atom. The maximum Gasteiger partial charge on any atom is 0.350 e. The van der Waals surface area contributed by atoms with Crippen LogP contribution in [-0.4, -0.2) is 33.9 Å². The number of rotatable bonds is 5. The SMILES string of the molecule is CC(C)(C#Cc1nccc(N(CC(F)F)c2nc(=O)n(C(C)(C)C)c3cccc(F)c23)c1F)C(F)F. The lowest BCUT2D eigenvalue weighted by molar-refractivity contribution is 0.0570. The molecule has 3 aromatic rings. The Labute approximate surface area is 203 Å². The number of alkyl halides is 4. The van der Waals surface area contributed by atoms with E-state index in [2.05, 4.69) is 21.8 Å². The third kappa shape index (κ3) is 5.32. The predicted octanol–water partition coefficient (Wildman–Crippen LogP) is 5.87. The Hall–Kier alpha value is -3.55. The number of aromatic nitrogens is 3. The number of benzene rings is 1. The number of pyridine rings is 1. The van der Waals surface area contributed by atoms with Gasteiger partial charge in [0, 0.05) is 11.7 Å². The van der Waals surface area contributed by atoms with E-state index in [1.807, 2.05) is 0 Å². The molecule has 192 valence electrons. The topological polar surface area (TPSA) is 51.0 Å². The van der Waals surface area contributed by atoms with E-state index < -0.39 is 64.9 Å². The molecule has 0 bridgehead atoms. The van der Waals surface area contributed by atoms with Crippen molar-refractivity contribution in [1.82, 2.24) is 14.5 Å². The lowest BCUT2D eigenvalue weighted by Gasteiger charge is -2.29. The van der Waals surface area contributed by atoms with Crippen LogP contribution in [0.1, 0.15) is 40.3 Å². The zero-order valence-electron chi connectivity index (χ0n) is 20.2. The largest absolute Gasteiger partial charge is 0.350 e. The maximum absolute atomic E-state index is 15.5. The minimum absolute atomic E-state index is 0.0740. The summed E-state index contributed by atoms with van der Waals surface area (Å²) >= 11 is 0. The third-order valence-corrected chi connectivity index (χ3v) is 5.30. The molecule has 2 heterocycles. The minimum Gasteiger partial charge on any atom is -0.317 e. The average molecular weight is 510 g/mol. The molecule has 0 radical (unpaired) electrons. The van der Waals surface area contributed by atoms with Gasteiger partial charge in [0.25, 0.3) is 12.9 Å². The molecule has 3 rings (SSSR count). The first-order valence-corrected chi connectivity index (χ1v) is 10.9. The van der Waals surface area contributed by atoms with E-state index in [0.29, 0.717) is 4.90 Å². The second-order valence-electron chi connectivity index (χ2n) is 9.62. The first-order chi connectivity index (χ1) is 16.6. The number of fused-ring (bicyclic) bond motifs is 1. The monoisotopic (exact) mass is 510 g/mol. The van der Waals surface area contributed by atoms with Crippen LogP contribution in [0.3, 0.4) is 0 Å². The first-order valence-electron chi connectivity index (χ1n) is 10.9. The fourth-order valence-electron chi connectivity index (χ4n) is 3.50. The zero-order valence-corrected chi connectivity index (χ0v) is 20.2. The van der Waals surface area contributed by atoms with E-state index in [1.165, 1.54) is 16.7 Å². The molecule has 0 atom stereocenters. The number of hydrogen-bond acceptors (Lipinski definition) is 4. The van der Waals surface area contributed by atoms with Crippen LogP contribution >= 0.6 is 0 Å². The van der Waals surface area contributed by atoms with Gasteiger partial charge in [-0.25, -0.2) is 36.1 Å². The Bertz CT molecular complexity index is 1400. The zero-order chi connectivity index (χ0) is 27.0. The van der Waals surface area contributed by atoms with E-state index in [-0.39, 0.29) is 10.9 Å². The molecule has 0 saturated heterocycles. The van der Waals surface area contributed by atoms with Crippen LogP contribution in [0.15, 0.2) is 35.3 Å². The maximum atomic E-state index is 15.5. The van der Waals surface area contributed by atoms with Gasteiger partial charge in [-0.1, -0.05) is 12.0 Å². The van der Waals surface area contributed by atoms with Crippen LogP contribution < -0.4 is 10.6 Å². The van der Waals surface area contributed by atoms with Crippen LogP contribution in [0.5, 0.6) is 0 Å². The van der Waals surface area contributed by atoms with Crippen LogP contribution in [0.25, 0.3) is 10.9 Å². The van der Waals surface area contributed by atoms with Gasteiger partial charge >= 0.3 is 5.69 Å². The fourth-order valence-corrected chi connectivity index (χ4v) is 3.50. The van der Waals surface area contributed by atoms with Gasteiger partial charge in [-0.3, -0.25) is 4.57 Å². The summed E-state index contributed by atoms with van der Waals surface area (Å²) in [6.07, 6.45) is -4.83. The number of hydrogen-bond donors (Lipinski definition) is 0. The highest BCUT2D eigenvalue weighted by Crippen LogP contribution is 2.35. The molecule has 0 fully saturated rings. The molecule has 0 amide bonds. The fraction of sp³-hybridized carbons (Fsp3) is 0.400. The second-order valence-corrected chi connectivity index (χ2v) is 9.62. The van der Waals surface area contributed by atoms with Gasteiger partial charge in [-0.15, -0.1) is 0 Å². The van der Waals surface area contributed by atoms with Crippen LogP contribution in [0.4, 0.5) is 37.8 Å². The molecule has 2 aromatic heterocycles. The van der Waals surface area contributed by atoms with Gasteiger partial charge in [0.15, 0.2) is 17.3 Å². The standard InChI is InChI=1S/C25H24F6N4O/c1-24(2,3)35-16-8-6-7-14(26)19(16)21(33-23(35)36)34(13-18(27)28)17-10-12-32-15(20(17)29)9-11-25(4,5)22(30)31/h6-8,10,12,18,22H,13H2,1-5H3. The Kier molecular flexibility index (Phi) is 7.39. The highest BCUT2D eigenvalue weighted by atomic mass is 19.3. The Morgan fingerprint density at radius 3 is 2.31 bits per heavy atom. The molecular weight excluding hydrogens is 486 g/mol. The summed E-state index contributed by atoms with van der Waals surface area (Å²) in [4.78, 5) is 21.3. The quantitative estimate of drug-likeness (QED) is 0.318. The lowest BCUT2D eigenvalue weighted by Crippen LogP contribution is -2.38. The van der Waals surface area contributed by atoms with Gasteiger partial charge in [-0.05, 0) is 58.7 Å². The molecule has 0 aliphatic carbocycles. The van der Waals surface area contributed by atoms with Crippen molar-refractivity contribution in [2.45, 2.75) is 53.0 Å². The number of anilines is 2. The van der Waals surface area contributed by atoms with Gasteiger partial charge in [0.05, 0.1) is 28.6 Å². The predicted molar refractivity (Wildman–Crippen MR) is 125 cm³/mol. The average Bonchev–Trinajstić information content (AvgIpc) is 2.75. The Morgan fingerprint density at radius 2 is 1.72 bits per heavy atom. The normalized spacial score (nSPS) is 12.2. The Balaban J connectivity index is 2.33. The van der Waals surface area contributed by atoms with E-state index in [4.69, 9.17) is 0 Å². The summed E-state index contributed by atoms with van der Waals surface area (Å²) in [5.41, 5.74) is -4.51. The summed E-state index contributed by atoms with van der Waals surface area (Å²) < 4.78 is 85.4. The molecule has 0 N–H and O–H groups in total. The molecule has 0 unspecified atom stereocenters. The highest BCUT2D eigenvalue weighted by molar-refractivity contribution is 5.92. The smallest absolute Gasteiger partial charge is 0.317 e. The minimum atomic E-state index is -3.04. The van der Waals surface area contributed by atoms with Gasteiger partial charge < -0.3 is 4.90 Å². The second kappa shape index (κ2) is 9.84. The van der Waals surface area contributed by atoms with Crippen molar-refractivity contribution >= 4 is 22.4 Å². The number of nitrogens with zero attached hydrogens (tertiary/aromatic N) is 4. The van der Waals surface area contributed by atoms with Crippen molar-refractivity contribution < 1.29 is 26.3 Å². The van der Waals surface area contributed by atoms with Crippen LogP contribution in [0, 0.1) is 28.9 Å². The van der Waals surface area contributed by atoms with Crippen LogP contribution in [0.2, 0.25) is 0 Å². The summed E-state index contributed by atoms with van der Waals surface area (Å²) in [5.74, 6) is 1.88. The van der Waals surface area contributed by atoms with Crippen LogP contribution in [-0.2, 0) is 5.54 Å². The van der Waals surface area contributed by atoms with Crippen molar-refractivity contribution in [3.05, 3.63) is 58.3 Å². The first kappa shape index (κ1) is 27.0. The lowest BCUT2D eigenvalue weighted by atomic mass is 9.95. The molecule has 0 aliphatic heterocycles. The molecule has 1 aromatic carbocycles. The van der Waals surface area contributed by atoms with E-state index in [9.17, 15) is 22.4 Å². The summed E-state index contributed by atoms with van der Waals surface area (Å²) in [6, 6.07) is 4.89. The van der Waals surface area contributed by atoms with E-state index in [0.717, 1.165) is 32.2 Å². The molecule has 0 saturated carbocycles. The summed E-state index contributed by atoms with van der Waals surface area (Å²) in [6.45, 7) is 6.21. The summed E-state index contributed by atoms with van der Waals surface area (Å²) in [7, 11) is 0. The van der Waals surface area contributed by atoms with Gasteiger partial charge in [0.1, 0.15) is 5.82 Å². The van der Waals surface area contributed by atoms with Gasteiger partial charge in [-0.2, -0.15) is 4.98 Å². The molecular formula is C25H24F6N4O. The number of halogens is 6. The highest BCUT2D eigenvalue weighted by Gasteiger charge is 2.29. The van der Waals surface area contributed by atoms with Crippen molar-refractivity contribution in [2.75, 3.05) is 11.4 Å². The van der Waals surface area contributed by atoms with Crippen molar-refractivity contribution in [3.63, 3.8) is 0 Å². The van der Waals surface area contributed by atoms with Crippen molar-refractivity contribution in [2.24, 2.45) is 5.41 Å². The molecule has 36 heavy (non-hydrogen) atoms. The third-order valence-electron chi connectivity index (χ3n) is 5.30. The molecule has 11 heteroatoms. The van der Waals surface area contributed by atoms with E-state index in [1.54, 1.807) is 20.8 Å². The van der Waals surface area contributed by atoms with E-state index >= 15 is 8.78 Å².